The van der Waals surface area contributed by atoms with Crippen molar-refractivity contribution in [3.05, 3.63) is 34.5 Å². The van der Waals surface area contributed by atoms with E-state index in [0.717, 1.165) is 22.2 Å². The average Bonchev–Trinajstić information content (AvgIpc) is 2.63. The summed E-state index contributed by atoms with van der Waals surface area (Å²) in [6.07, 6.45) is 6.14. The number of aryl methyl sites for hydroxylation is 1. The molecule has 0 N–H and O–H groups in total. The molecule has 0 atom stereocenters. The van der Waals surface area contributed by atoms with E-state index in [9.17, 15) is 0 Å². The summed E-state index contributed by atoms with van der Waals surface area (Å²) in [5.41, 5.74) is 0.986. The van der Waals surface area contributed by atoms with Crippen LogP contribution in [0.4, 0.5) is 0 Å². The van der Waals surface area contributed by atoms with E-state index in [1.54, 1.807) is 0 Å². The number of unbranched alkanes of at least 4 members (excludes halogenated alkanes) is 3. The molecule has 2 aromatic rings. The van der Waals surface area contributed by atoms with Crippen LogP contribution < -0.4 is 0 Å². The largest absolute Gasteiger partial charge is 0.460 e. The van der Waals surface area contributed by atoms with Gasteiger partial charge in [-0.25, -0.2) is 0 Å². The second kappa shape index (κ2) is 5.53. The normalized spacial score (nSPS) is 11.1. The van der Waals surface area contributed by atoms with Crippen LogP contribution >= 0.6 is 15.9 Å². The van der Waals surface area contributed by atoms with Gasteiger partial charge in [-0.3, -0.25) is 0 Å². The van der Waals surface area contributed by atoms with Crippen molar-refractivity contribution in [3.8, 4) is 0 Å². The number of para-hydroxylation sites is 1. The van der Waals surface area contributed by atoms with Crippen molar-refractivity contribution in [3.63, 3.8) is 0 Å². The molecule has 0 aliphatic rings. The quantitative estimate of drug-likeness (QED) is 0.676. The number of furan rings is 1. The fourth-order valence-electron chi connectivity index (χ4n) is 1.94. The molecule has 1 heterocycles. The molecule has 0 fully saturated rings. The molecule has 0 spiro atoms. The van der Waals surface area contributed by atoms with Crippen LogP contribution in [0.3, 0.4) is 0 Å². The highest BCUT2D eigenvalue weighted by Gasteiger charge is 2.10. The smallest absolute Gasteiger partial charge is 0.135 e. The van der Waals surface area contributed by atoms with Crippen LogP contribution in [0, 0.1) is 0 Å². The van der Waals surface area contributed by atoms with Crippen LogP contribution in [0.5, 0.6) is 0 Å². The van der Waals surface area contributed by atoms with Gasteiger partial charge < -0.3 is 4.42 Å². The van der Waals surface area contributed by atoms with Crippen LogP contribution in [0.1, 0.15) is 38.4 Å². The van der Waals surface area contributed by atoms with Gasteiger partial charge in [0.25, 0.3) is 0 Å². The van der Waals surface area contributed by atoms with Gasteiger partial charge in [-0.2, -0.15) is 0 Å². The van der Waals surface area contributed by atoms with Gasteiger partial charge in [0, 0.05) is 11.8 Å². The molecule has 0 aliphatic carbocycles. The molecule has 0 saturated heterocycles. The van der Waals surface area contributed by atoms with Crippen molar-refractivity contribution in [1.82, 2.24) is 0 Å². The van der Waals surface area contributed by atoms with E-state index in [0.29, 0.717) is 0 Å². The maximum atomic E-state index is 5.83. The SMILES string of the molecule is CCCCCCc1oc2ccccc2c1Br. The lowest BCUT2D eigenvalue weighted by Crippen LogP contribution is -1.83. The first kappa shape index (κ1) is 11.7. The minimum atomic E-state index is 0.986. The maximum Gasteiger partial charge on any atom is 0.135 e. The Kier molecular flexibility index (Phi) is 4.05. The lowest BCUT2D eigenvalue weighted by Gasteiger charge is -1.97. The summed E-state index contributed by atoms with van der Waals surface area (Å²) in [6, 6.07) is 8.18. The Balaban J connectivity index is 2.09. The summed E-state index contributed by atoms with van der Waals surface area (Å²) >= 11 is 3.63. The molecule has 1 nitrogen and oxygen atoms in total. The summed E-state index contributed by atoms with van der Waals surface area (Å²) in [6.45, 7) is 2.23. The summed E-state index contributed by atoms with van der Waals surface area (Å²) < 4.78 is 6.97. The van der Waals surface area contributed by atoms with Crippen LogP contribution in [0.25, 0.3) is 11.0 Å². The number of hydrogen-bond acceptors (Lipinski definition) is 1. The number of hydrogen-bond donors (Lipinski definition) is 0. The maximum absolute atomic E-state index is 5.83. The van der Waals surface area contributed by atoms with Crippen LogP contribution in [-0.4, -0.2) is 0 Å². The molecule has 0 unspecified atom stereocenters. The third-order valence-corrected chi connectivity index (χ3v) is 3.73. The van der Waals surface area contributed by atoms with E-state index >= 15 is 0 Å². The first-order chi connectivity index (χ1) is 7.83. The van der Waals surface area contributed by atoms with Gasteiger partial charge >= 0.3 is 0 Å². The third-order valence-electron chi connectivity index (χ3n) is 2.86. The summed E-state index contributed by atoms with van der Waals surface area (Å²) in [5.74, 6) is 1.09. The first-order valence-electron chi connectivity index (χ1n) is 5.99. The van der Waals surface area contributed by atoms with Crippen LogP contribution in [0.2, 0.25) is 0 Å². The molecule has 0 saturated carbocycles. The second-order valence-electron chi connectivity index (χ2n) is 4.15. The summed E-state index contributed by atoms with van der Waals surface area (Å²) in [5, 5.41) is 1.19. The highest BCUT2D eigenvalue weighted by molar-refractivity contribution is 9.10. The second-order valence-corrected chi connectivity index (χ2v) is 4.94. The molecular formula is C14H17BrO. The monoisotopic (exact) mass is 280 g/mol. The van der Waals surface area contributed by atoms with E-state index in [2.05, 4.69) is 28.9 Å². The molecule has 1 aromatic heterocycles. The number of halogens is 1. The zero-order chi connectivity index (χ0) is 11.4. The van der Waals surface area contributed by atoms with Gasteiger partial charge in [-0.1, -0.05) is 38.3 Å². The number of benzene rings is 1. The van der Waals surface area contributed by atoms with Crippen molar-refractivity contribution < 1.29 is 4.42 Å². The fraction of sp³-hybridized carbons (Fsp3) is 0.429. The average molecular weight is 281 g/mol. The Morgan fingerprint density at radius 1 is 1.12 bits per heavy atom. The van der Waals surface area contributed by atoms with Crippen molar-refractivity contribution in [2.45, 2.75) is 39.0 Å². The molecule has 16 heavy (non-hydrogen) atoms. The molecule has 1 aromatic carbocycles. The minimum Gasteiger partial charge on any atom is -0.460 e. The Bertz CT molecular complexity index is 459. The van der Waals surface area contributed by atoms with Crippen LogP contribution in [0.15, 0.2) is 33.2 Å². The summed E-state index contributed by atoms with van der Waals surface area (Å²) in [4.78, 5) is 0. The molecule has 0 bridgehead atoms. The molecule has 0 aliphatic heterocycles. The lowest BCUT2D eigenvalue weighted by molar-refractivity contribution is 0.524. The van der Waals surface area contributed by atoms with Crippen molar-refractivity contribution >= 4 is 26.9 Å². The minimum absolute atomic E-state index is 0.986. The van der Waals surface area contributed by atoms with E-state index in [1.165, 1.54) is 31.1 Å². The molecule has 2 rings (SSSR count). The van der Waals surface area contributed by atoms with Gasteiger partial charge in [0.15, 0.2) is 0 Å². The van der Waals surface area contributed by atoms with Crippen molar-refractivity contribution in [2.24, 2.45) is 0 Å². The van der Waals surface area contributed by atoms with Gasteiger partial charge in [0.2, 0.25) is 0 Å². The fourth-order valence-corrected chi connectivity index (χ4v) is 2.54. The lowest BCUT2D eigenvalue weighted by atomic mass is 10.1. The van der Waals surface area contributed by atoms with Crippen molar-refractivity contribution in [1.29, 1.82) is 0 Å². The molecular weight excluding hydrogens is 264 g/mol. The molecule has 0 radical (unpaired) electrons. The molecule has 0 amide bonds. The van der Waals surface area contributed by atoms with E-state index in [1.807, 2.05) is 18.2 Å². The highest BCUT2D eigenvalue weighted by atomic mass is 79.9. The Hall–Kier alpha value is -0.760. The van der Waals surface area contributed by atoms with Crippen LogP contribution in [-0.2, 0) is 6.42 Å². The predicted molar refractivity (Wildman–Crippen MR) is 71.8 cm³/mol. The first-order valence-corrected chi connectivity index (χ1v) is 6.78. The number of rotatable bonds is 5. The topological polar surface area (TPSA) is 13.1 Å². The van der Waals surface area contributed by atoms with E-state index in [4.69, 9.17) is 4.42 Å². The Labute approximate surface area is 105 Å². The number of fused-ring (bicyclic) bond motifs is 1. The van der Waals surface area contributed by atoms with Crippen molar-refractivity contribution in [2.75, 3.05) is 0 Å². The van der Waals surface area contributed by atoms with Gasteiger partial charge in [0.1, 0.15) is 11.3 Å². The van der Waals surface area contributed by atoms with E-state index in [-0.39, 0.29) is 0 Å². The standard InChI is InChI=1S/C14H17BrO/c1-2-3-4-5-10-13-14(15)11-8-6-7-9-12(11)16-13/h6-9H,2-5,10H2,1H3. The van der Waals surface area contributed by atoms with E-state index < -0.39 is 0 Å². The third kappa shape index (κ3) is 2.49. The predicted octanol–water partition coefficient (Wildman–Crippen LogP) is 5.32. The zero-order valence-electron chi connectivity index (χ0n) is 9.63. The molecule has 2 heteroatoms. The van der Waals surface area contributed by atoms with Gasteiger partial charge in [-0.15, -0.1) is 0 Å². The Morgan fingerprint density at radius 2 is 1.94 bits per heavy atom. The summed E-state index contributed by atoms with van der Waals surface area (Å²) in [7, 11) is 0. The zero-order valence-corrected chi connectivity index (χ0v) is 11.2. The van der Waals surface area contributed by atoms with Gasteiger partial charge in [0.05, 0.1) is 4.47 Å². The highest BCUT2D eigenvalue weighted by Crippen LogP contribution is 2.31. The van der Waals surface area contributed by atoms with Gasteiger partial charge in [-0.05, 0) is 34.5 Å². The Morgan fingerprint density at radius 3 is 2.69 bits per heavy atom. The molecule has 86 valence electrons.